The minimum Gasteiger partial charge on any atom is -0.479 e. The quantitative estimate of drug-likeness (QED) is 0.710. The molecule has 146 valence electrons. The van der Waals surface area contributed by atoms with E-state index in [0.29, 0.717) is 36.4 Å². The minimum absolute atomic E-state index is 0.232. The highest BCUT2D eigenvalue weighted by Gasteiger charge is 2.34. The van der Waals surface area contributed by atoms with E-state index in [2.05, 4.69) is 21.9 Å². The molecule has 6 nitrogen and oxygen atoms in total. The van der Waals surface area contributed by atoms with Crippen molar-refractivity contribution in [1.82, 2.24) is 15.0 Å². The van der Waals surface area contributed by atoms with Gasteiger partial charge in [-0.15, -0.1) is 0 Å². The lowest BCUT2D eigenvalue weighted by Crippen LogP contribution is -2.51. The van der Waals surface area contributed by atoms with Crippen LogP contribution < -0.4 is 4.74 Å². The number of carbonyl (C=O) groups is 1. The van der Waals surface area contributed by atoms with Gasteiger partial charge in [0, 0.05) is 38.0 Å². The van der Waals surface area contributed by atoms with E-state index in [1.54, 1.807) is 13.2 Å². The zero-order valence-corrected chi connectivity index (χ0v) is 16.3. The summed E-state index contributed by atoms with van der Waals surface area (Å²) in [7, 11) is 1.56. The Morgan fingerprint density at radius 3 is 2.96 bits per heavy atom. The minimum atomic E-state index is 0.232. The number of aromatic nitrogens is 1. The first-order chi connectivity index (χ1) is 12.7. The number of fused-ring (bicyclic) bond motifs is 1. The molecular formula is C20H33N3O3. The predicted molar refractivity (Wildman–Crippen MR) is 100 cm³/mol. The van der Waals surface area contributed by atoms with E-state index in [1.165, 1.54) is 45.2 Å². The summed E-state index contributed by atoms with van der Waals surface area (Å²) in [5.74, 6) is 2.04. The normalized spacial score (nSPS) is 23.5. The zero-order valence-electron chi connectivity index (χ0n) is 16.3. The maximum Gasteiger partial charge on any atom is 0.254 e. The van der Waals surface area contributed by atoms with Gasteiger partial charge in [0.15, 0.2) is 0 Å². The summed E-state index contributed by atoms with van der Waals surface area (Å²) in [5, 5.41) is 3.80. The van der Waals surface area contributed by atoms with Gasteiger partial charge in [0.2, 0.25) is 5.91 Å². The van der Waals surface area contributed by atoms with Crippen LogP contribution in [0.15, 0.2) is 10.6 Å². The first kappa shape index (κ1) is 19.2. The summed E-state index contributed by atoms with van der Waals surface area (Å²) >= 11 is 0. The molecule has 3 heterocycles. The summed E-state index contributed by atoms with van der Waals surface area (Å²) < 4.78 is 10.2. The molecule has 2 atom stereocenters. The molecule has 2 aliphatic rings. The second kappa shape index (κ2) is 9.40. The van der Waals surface area contributed by atoms with Crippen LogP contribution in [0.4, 0.5) is 0 Å². The van der Waals surface area contributed by atoms with E-state index in [1.807, 2.05) is 0 Å². The highest BCUT2D eigenvalue weighted by atomic mass is 16.5. The standard InChI is InChI=1S/C20H33N3O3/c1-3-11-23(20(24)10-9-17-14-19(25-2)21-26-17)15-16-7-6-13-22-12-5-4-8-18(16)22/h14,16,18H,3-13,15H2,1-2H3. The molecule has 6 heteroatoms. The molecule has 0 spiro atoms. The van der Waals surface area contributed by atoms with Gasteiger partial charge in [-0.05, 0) is 56.3 Å². The molecule has 1 aromatic heterocycles. The van der Waals surface area contributed by atoms with Crippen LogP contribution in [0.1, 0.15) is 57.6 Å². The molecule has 2 fully saturated rings. The Bertz CT molecular complexity index is 572. The van der Waals surface area contributed by atoms with Crippen molar-refractivity contribution in [3.8, 4) is 5.88 Å². The number of amides is 1. The maximum absolute atomic E-state index is 12.8. The predicted octanol–water partition coefficient (Wildman–Crippen LogP) is 3.12. The van der Waals surface area contributed by atoms with E-state index in [4.69, 9.17) is 9.26 Å². The van der Waals surface area contributed by atoms with Crippen molar-refractivity contribution in [3.05, 3.63) is 11.8 Å². The Morgan fingerprint density at radius 2 is 2.19 bits per heavy atom. The van der Waals surface area contributed by atoms with Gasteiger partial charge in [-0.25, -0.2) is 0 Å². The lowest BCUT2D eigenvalue weighted by molar-refractivity contribution is -0.132. The summed E-state index contributed by atoms with van der Waals surface area (Å²) in [6.45, 7) is 6.40. The number of carbonyl (C=O) groups excluding carboxylic acids is 1. The number of methoxy groups -OCH3 is 1. The fourth-order valence-corrected chi connectivity index (χ4v) is 4.56. The summed E-state index contributed by atoms with van der Waals surface area (Å²) in [6, 6.07) is 2.45. The van der Waals surface area contributed by atoms with Gasteiger partial charge in [-0.2, -0.15) is 0 Å². The number of nitrogens with zero attached hydrogens (tertiary/aromatic N) is 3. The molecule has 0 saturated carbocycles. The van der Waals surface area contributed by atoms with E-state index in [9.17, 15) is 4.79 Å². The van der Waals surface area contributed by atoms with Crippen LogP contribution in [0.2, 0.25) is 0 Å². The Morgan fingerprint density at radius 1 is 1.35 bits per heavy atom. The van der Waals surface area contributed by atoms with Crippen molar-refractivity contribution < 1.29 is 14.1 Å². The fourth-order valence-electron chi connectivity index (χ4n) is 4.56. The molecule has 2 saturated heterocycles. The summed E-state index contributed by atoms with van der Waals surface area (Å²) in [6.07, 6.45) is 8.56. The van der Waals surface area contributed by atoms with Crippen LogP contribution in [-0.4, -0.2) is 60.2 Å². The van der Waals surface area contributed by atoms with Crippen molar-refractivity contribution in [2.24, 2.45) is 5.92 Å². The monoisotopic (exact) mass is 363 g/mol. The van der Waals surface area contributed by atoms with Gasteiger partial charge >= 0.3 is 0 Å². The van der Waals surface area contributed by atoms with Gasteiger partial charge < -0.3 is 19.1 Å². The largest absolute Gasteiger partial charge is 0.479 e. The molecule has 2 unspecified atom stereocenters. The van der Waals surface area contributed by atoms with Crippen molar-refractivity contribution in [2.75, 3.05) is 33.3 Å². The van der Waals surface area contributed by atoms with Crippen molar-refractivity contribution >= 4 is 5.91 Å². The number of aryl methyl sites for hydroxylation is 1. The summed E-state index contributed by atoms with van der Waals surface area (Å²) in [5.41, 5.74) is 0. The van der Waals surface area contributed by atoms with E-state index < -0.39 is 0 Å². The molecule has 0 aliphatic carbocycles. The van der Waals surface area contributed by atoms with E-state index in [-0.39, 0.29) is 5.91 Å². The van der Waals surface area contributed by atoms with E-state index in [0.717, 1.165) is 19.5 Å². The topological polar surface area (TPSA) is 58.8 Å². The lowest BCUT2D eigenvalue weighted by atomic mass is 9.83. The van der Waals surface area contributed by atoms with Gasteiger partial charge in [0.25, 0.3) is 5.88 Å². The second-order valence-corrected chi connectivity index (χ2v) is 7.68. The highest BCUT2D eigenvalue weighted by Crippen LogP contribution is 2.31. The molecule has 3 rings (SSSR count). The van der Waals surface area contributed by atoms with E-state index >= 15 is 0 Å². The fraction of sp³-hybridized carbons (Fsp3) is 0.800. The van der Waals surface area contributed by atoms with Crippen LogP contribution in [0, 0.1) is 5.92 Å². The number of rotatable bonds is 8. The highest BCUT2D eigenvalue weighted by molar-refractivity contribution is 5.76. The number of piperidine rings is 2. The molecule has 2 aliphatic heterocycles. The number of ether oxygens (including phenoxy) is 1. The summed E-state index contributed by atoms with van der Waals surface area (Å²) in [4.78, 5) is 17.6. The SMILES string of the molecule is CCCN(CC1CCCN2CCCCC12)C(=O)CCc1cc(OC)no1. The molecular weight excluding hydrogens is 330 g/mol. The number of hydrogen-bond acceptors (Lipinski definition) is 5. The molecule has 26 heavy (non-hydrogen) atoms. The number of hydrogen-bond donors (Lipinski definition) is 0. The van der Waals surface area contributed by atoms with Crippen LogP contribution in [-0.2, 0) is 11.2 Å². The van der Waals surface area contributed by atoms with Gasteiger partial charge in [-0.1, -0.05) is 13.3 Å². The van der Waals surface area contributed by atoms with Gasteiger partial charge in [0.05, 0.1) is 7.11 Å². The Labute approximate surface area is 156 Å². The molecule has 0 bridgehead atoms. The first-order valence-corrected chi connectivity index (χ1v) is 10.2. The Hall–Kier alpha value is -1.56. The molecule has 1 aromatic rings. The molecule has 0 N–H and O–H groups in total. The molecule has 0 aromatic carbocycles. The average Bonchev–Trinajstić information content (AvgIpc) is 3.14. The van der Waals surface area contributed by atoms with Gasteiger partial charge in [-0.3, -0.25) is 4.79 Å². The third-order valence-corrected chi connectivity index (χ3v) is 5.86. The van der Waals surface area contributed by atoms with Crippen molar-refractivity contribution in [1.29, 1.82) is 0 Å². The second-order valence-electron chi connectivity index (χ2n) is 7.68. The maximum atomic E-state index is 12.8. The van der Waals surface area contributed by atoms with Crippen LogP contribution in [0.5, 0.6) is 5.88 Å². The Balaban J connectivity index is 1.55. The first-order valence-electron chi connectivity index (χ1n) is 10.2. The third-order valence-electron chi connectivity index (χ3n) is 5.86. The van der Waals surface area contributed by atoms with Crippen LogP contribution >= 0.6 is 0 Å². The van der Waals surface area contributed by atoms with Crippen molar-refractivity contribution in [2.45, 2.75) is 64.3 Å². The van der Waals surface area contributed by atoms with Crippen LogP contribution in [0.25, 0.3) is 0 Å². The lowest BCUT2D eigenvalue weighted by Gasteiger charge is -2.45. The molecule has 1 amide bonds. The van der Waals surface area contributed by atoms with Gasteiger partial charge in [0.1, 0.15) is 5.76 Å². The Kier molecular flexibility index (Phi) is 6.94. The van der Waals surface area contributed by atoms with Crippen molar-refractivity contribution in [3.63, 3.8) is 0 Å². The van der Waals surface area contributed by atoms with Crippen LogP contribution in [0.3, 0.4) is 0 Å². The third kappa shape index (κ3) is 4.78. The smallest absolute Gasteiger partial charge is 0.254 e. The average molecular weight is 364 g/mol. The zero-order chi connectivity index (χ0) is 18.4. The molecule has 0 radical (unpaired) electrons.